The SMILES string of the molecule is COc1ccc2[nH]c3c(c2c1)CN(C(=O)C[NH+]1CCC2(CC1)OCCO2)CC3. The van der Waals surface area contributed by atoms with Crippen molar-refractivity contribution in [2.45, 2.75) is 31.6 Å². The van der Waals surface area contributed by atoms with Crippen LogP contribution in [0.2, 0.25) is 0 Å². The second kappa shape index (κ2) is 7.06. The van der Waals surface area contributed by atoms with Crippen LogP contribution in [-0.4, -0.2) is 68.1 Å². The van der Waals surface area contributed by atoms with E-state index in [0.29, 0.717) is 26.3 Å². The number of methoxy groups -OCH3 is 1. The number of likely N-dealkylation sites (tertiary alicyclic amines) is 1. The van der Waals surface area contributed by atoms with E-state index >= 15 is 0 Å². The molecule has 1 aromatic carbocycles. The number of nitrogens with zero attached hydrogens (tertiary/aromatic N) is 1. The highest BCUT2D eigenvalue weighted by Crippen LogP contribution is 2.30. The number of nitrogens with one attached hydrogen (secondary N) is 2. The van der Waals surface area contributed by atoms with Crippen molar-refractivity contribution in [3.8, 4) is 5.75 Å². The molecule has 0 atom stereocenters. The van der Waals surface area contributed by atoms with Crippen LogP contribution in [0.25, 0.3) is 10.9 Å². The summed E-state index contributed by atoms with van der Waals surface area (Å²) < 4.78 is 17.0. The van der Waals surface area contributed by atoms with Gasteiger partial charge in [-0.05, 0) is 18.2 Å². The Hall–Kier alpha value is -2.09. The highest BCUT2D eigenvalue weighted by atomic mass is 16.7. The van der Waals surface area contributed by atoms with E-state index in [9.17, 15) is 4.79 Å². The summed E-state index contributed by atoms with van der Waals surface area (Å²) in [6, 6.07) is 6.09. The van der Waals surface area contributed by atoms with Gasteiger partial charge in [0.25, 0.3) is 5.91 Å². The van der Waals surface area contributed by atoms with Crippen molar-refractivity contribution in [2.24, 2.45) is 0 Å². The number of aromatic nitrogens is 1. The second-order valence-corrected chi connectivity index (χ2v) is 8.09. The molecule has 7 nitrogen and oxygen atoms in total. The predicted octanol–water partition coefficient (Wildman–Crippen LogP) is 0.483. The number of aromatic amines is 1. The molecule has 150 valence electrons. The minimum Gasteiger partial charge on any atom is -0.497 e. The molecule has 2 aromatic rings. The summed E-state index contributed by atoms with van der Waals surface area (Å²) in [6.07, 6.45) is 2.63. The van der Waals surface area contributed by atoms with Gasteiger partial charge in [0, 0.05) is 41.7 Å². The number of hydrogen-bond acceptors (Lipinski definition) is 4. The average Bonchev–Trinajstić information content (AvgIpc) is 3.33. The number of carbonyl (C=O) groups is 1. The monoisotopic (exact) mass is 386 g/mol. The minimum atomic E-state index is -0.365. The quantitative estimate of drug-likeness (QED) is 0.805. The maximum absolute atomic E-state index is 13.0. The molecule has 7 heteroatoms. The predicted molar refractivity (Wildman–Crippen MR) is 103 cm³/mol. The number of ether oxygens (including phenoxy) is 3. The molecule has 0 bridgehead atoms. The van der Waals surface area contributed by atoms with Crippen LogP contribution in [0.5, 0.6) is 5.75 Å². The van der Waals surface area contributed by atoms with Gasteiger partial charge in [-0.15, -0.1) is 0 Å². The fraction of sp³-hybridized carbons (Fsp3) is 0.571. The Morgan fingerprint density at radius 2 is 2.07 bits per heavy atom. The Kier molecular flexibility index (Phi) is 4.53. The first-order valence-corrected chi connectivity index (χ1v) is 10.2. The minimum absolute atomic E-state index is 0.238. The Morgan fingerprint density at radius 1 is 1.29 bits per heavy atom. The first-order chi connectivity index (χ1) is 13.7. The van der Waals surface area contributed by atoms with Gasteiger partial charge in [-0.3, -0.25) is 4.79 Å². The molecule has 3 aliphatic heterocycles. The molecule has 2 fully saturated rings. The Morgan fingerprint density at radius 3 is 2.82 bits per heavy atom. The van der Waals surface area contributed by atoms with Crippen molar-refractivity contribution in [3.63, 3.8) is 0 Å². The molecule has 2 saturated heterocycles. The average molecular weight is 386 g/mol. The first kappa shape index (κ1) is 18.0. The Labute approximate surface area is 164 Å². The van der Waals surface area contributed by atoms with Gasteiger partial charge in [0.15, 0.2) is 12.3 Å². The molecule has 0 radical (unpaired) electrons. The molecule has 5 rings (SSSR count). The molecule has 1 spiro atoms. The summed E-state index contributed by atoms with van der Waals surface area (Å²) in [4.78, 5) is 19.8. The molecule has 4 heterocycles. The smallest absolute Gasteiger partial charge is 0.278 e. The number of H-pyrrole nitrogens is 1. The number of hydrogen-bond donors (Lipinski definition) is 2. The van der Waals surface area contributed by atoms with Crippen LogP contribution in [0.3, 0.4) is 0 Å². The number of fused-ring (bicyclic) bond motifs is 3. The summed E-state index contributed by atoms with van der Waals surface area (Å²) in [6.45, 7) is 5.24. The van der Waals surface area contributed by atoms with Crippen LogP contribution >= 0.6 is 0 Å². The largest absolute Gasteiger partial charge is 0.497 e. The van der Waals surface area contributed by atoms with E-state index in [2.05, 4.69) is 17.1 Å². The summed E-state index contributed by atoms with van der Waals surface area (Å²) >= 11 is 0. The van der Waals surface area contributed by atoms with Crippen molar-refractivity contribution in [1.82, 2.24) is 9.88 Å². The van der Waals surface area contributed by atoms with Gasteiger partial charge >= 0.3 is 0 Å². The van der Waals surface area contributed by atoms with Crippen LogP contribution < -0.4 is 9.64 Å². The van der Waals surface area contributed by atoms with Crippen molar-refractivity contribution in [3.05, 3.63) is 29.5 Å². The fourth-order valence-electron chi connectivity index (χ4n) is 4.81. The molecular formula is C21H28N3O4+. The summed E-state index contributed by atoms with van der Waals surface area (Å²) in [7, 11) is 1.68. The van der Waals surface area contributed by atoms with Crippen LogP contribution in [0.4, 0.5) is 0 Å². The molecule has 1 aromatic heterocycles. The van der Waals surface area contributed by atoms with E-state index in [-0.39, 0.29) is 11.7 Å². The molecule has 28 heavy (non-hydrogen) atoms. The van der Waals surface area contributed by atoms with Gasteiger partial charge in [-0.2, -0.15) is 0 Å². The lowest BCUT2D eigenvalue weighted by atomic mass is 10.0. The number of rotatable bonds is 3. The Bertz CT molecular complexity index is 877. The van der Waals surface area contributed by atoms with E-state index < -0.39 is 0 Å². The molecule has 0 unspecified atom stereocenters. The van der Waals surface area contributed by atoms with Crippen molar-refractivity contribution in [2.75, 3.05) is 46.5 Å². The normalized spacial score (nSPS) is 22.0. The number of benzene rings is 1. The van der Waals surface area contributed by atoms with Crippen LogP contribution in [0, 0.1) is 0 Å². The zero-order chi connectivity index (χ0) is 19.1. The topological polar surface area (TPSA) is 68.2 Å². The van der Waals surface area contributed by atoms with Crippen LogP contribution in [0.1, 0.15) is 24.1 Å². The number of carbonyl (C=O) groups excluding carboxylic acids is 1. The van der Waals surface area contributed by atoms with Crippen LogP contribution in [-0.2, 0) is 27.2 Å². The third-order valence-corrected chi connectivity index (χ3v) is 6.47. The zero-order valence-corrected chi connectivity index (χ0v) is 16.4. The van der Waals surface area contributed by atoms with E-state index in [0.717, 1.165) is 55.5 Å². The third kappa shape index (κ3) is 3.17. The van der Waals surface area contributed by atoms with Crippen LogP contribution in [0.15, 0.2) is 18.2 Å². The number of amides is 1. The van der Waals surface area contributed by atoms with Gasteiger partial charge in [0.1, 0.15) is 5.75 Å². The summed E-state index contributed by atoms with van der Waals surface area (Å²) in [5.74, 6) is 0.721. The molecule has 0 saturated carbocycles. The number of quaternary nitrogens is 1. The maximum atomic E-state index is 13.0. The van der Waals surface area contributed by atoms with Crippen molar-refractivity contribution < 1.29 is 23.9 Å². The lowest BCUT2D eigenvalue weighted by Gasteiger charge is -2.36. The lowest BCUT2D eigenvalue weighted by molar-refractivity contribution is -0.901. The molecule has 2 N–H and O–H groups in total. The standard InChI is InChI=1S/C21H27N3O4/c1-26-15-2-3-18-16(12-15)17-13-24(7-4-19(17)22-18)20(25)14-23-8-5-21(6-9-23)27-10-11-28-21/h2-3,12,22H,4-11,13-14H2,1H3/p+1. The summed E-state index contributed by atoms with van der Waals surface area (Å²) in [5.41, 5.74) is 3.59. The van der Waals surface area contributed by atoms with Gasteiger partial charge in [0.05, 0.1) is 46.3 Å². The highest BCUT2D eigenvalue weighted by Gasteiger charge is 2.42. The first-order valence-electron chi connectivity index (χ1n) is 10.2. The highest BCUT2D eigenvalue weighted by molar-refractivity contribution is 5.87. The van der Waals surface area contributed by atoms with Crippen molar-refractivity contribution >= 4 is 16.8 Å². The van der Waals surface area contributed by atoms with Crippen molar-refractivity contribution in [1.29, 1.82) is 0 Å². The van der Waals surface area contributed by atoms with E-state index in [1.54, 1.807) is 7.11 Å². The van der Waals surface area contributed by atoms with Gasteiger partial charge in [-0.25, -0.2) is 0 Å². The lowest BCUT2D eigenvalue weighted by Crippen LogP contribution is -3.14. The molecule has 3 aliphatic rings. The van der Waals surface area contributed by atoms with Gasteiger partial charge in [0.2, 0.25) is 0 Å². The van der Waals surface area contributed by atoms with Gasteiger partial charge in [-0.1, -0.05) is 0 Å². The fourth-order valence-corrected chi connectivity index (χ4v) is 4.81. The Balaban J connectivity index is 1.25. The zero-order valence-electron chi connectivity index (χ0n) is 16.4. The second-order valence-electron chi connectivity index (χ2n) is 8.09. The van der Waals surface area contributed by atoms with Gasteiger partial charge < -0.3 is 29.0 Å². The molecular weight excluding hydrogens is 358 g/mol. The third-order valence-electron chi connectivity index (χ3n) is 6.47. The number of piperidine rings is 1. The molecule has 1 amide bonds. The molecule has 0 aliphatic carbocycles. The maximum Gasteiger partial charge on any atom is 0.278 e. The summed E-state index contributed by atoms with van der Waals surface area (Å²) in [5, 5.41) is 1.16. The van der Waals surface area contributed by atoms with E-state index in [4.69, 9.17) is 14.2 Å². The van der Waals surface area contributed by atoms with E-state index in [1.807, 2.05) is 11.0 Å². The van der Waals surface area contributed by atoms with E-state index in [1.165, 1.54) is 16.2 Å².